The Morgan fingerprint density at radius 3 is 2.33 bits per heavy atom. The van der Waals surface area contributed by atoms with Crippen LogP contribution in [-0.4, -0.2) is 57.5 Å². The lowest BCUT2D eigenvalue weighted by Crippen LogP contribution is -2.39. The van der Waals surface area contributed by atoms with Crippen molar-refractivity contribution in [1.29, 1.82) is 0 Å². The summed E-state index contributed by atoms with van der Waals surface area (Å²) in [5.41, 5.74) is 0. The van der Waals surface area contributed by atoms with Crippen LogP contribution in [0.15, 0.2) is 0 Å². The fourth-order valence-electron chi connectivity index (χ4n) is 2.94. The molecule has 0 aromatic rings. The molecule has 2 aliphatic heterocycles. The molecule has 0 saturated carbocycles. The van der Waals surface area contributed by atoms with Crippen LogP contribution in [-0.2, 0) is 9.84 Å². The van der Waals surface area contributed by atoms with Crippen LogP contribution in [0.25, 0.3) is 0 Å². The maximum absolute atomic E-state index is 11.3. The van der Waals surface area contributed by atoms with E-state index >= 15 is 0 Å². The van der Waals surface area contributed by atoms with E-state index < -0.39 is 9.84 Å². The van der Waals surface area contributed by atoms with Crippen LogP contribution in [0.1, 0.15) is 32.1 Å². The Balaban J connectivity index is 1.59. The molecule has 2 saturated heterocycles. The zero-order valence-corrected chi connectivity index (χ0v) is 12.2. The predicted octanol–water partition coefficient (Wildman–Crippen LogP) is 0.885. The van der Waals surface area contributed by atoms with Crippen LogP contribution in [0, 0.1) is 5.92 Å². The Hall–Kier alpha value is -0.130. The number of nitrogens with zero attached hydrogens (tertiary/aromatic N) is 1. The number of rotatable bonds is 4. The number of nitrogens with one attached hydrogen (secondary N) is 1. The summed E-state index contributed by atoms with van der Waals surface area (Å²) in [7, 11) is -0.521. The summed E-state index contributed by atoms with van der Waals surface area (Å²) in [6, 6.07) is 0.430. The van der Waals surface area contributed by atoms with Crippen molar-refractivity contribution < 1.29 is 8.42 Å². The highest BCUT2D eigenvalue weighted by atomic mass is 32.2. The first-order valence-electron chi connectivity index (χ1n) is 7.17. The minimum Gasteiger partial charge on any atom is -0.314 e. The molecule has 0 amide bonds. The summed E-state index contributed by atoms with van der Waals surface area (Å²) >= 11 is 0. The van der Waals surface area contributed by atoms with Gasteiger partial charge in [0.1, 0.15) is 9.84 Å². The summed E-state index contributed by atoms with van der Waals surface area (Å²) in [6.07, 6.45) is 5.48. The topological polar surface area (TPSA) is 49.4 Å². The molecule has 1 N–H and O–H groups in total. The Bertz CT molecular complexity index is 334. The third-order valence-electron chi connectivity index (χ3n) is 4.38. The first kappa shape index (κ1) is 14.3. The lowest BCUT2D eigenvalue weighted by atomic mass is 9.94. The molecule has 2 rings (SSSR count). The molecule has 4 nitrogen and oxygen atoms in total. The second-order valence-electron chi connectivity index (χ2n) is 5.92. The fourth-order valence-corrected chi connectivity index (χ4v) is 4.43. The first-order valence-corrected chi connectivity index (χ1v) is 9.00. The molecule has 0 unspecified atom stereocenters. The van der Waals surface area contributed by atoms with E-state index in [-0.39, 0.29) is 0 Å². The highest BCUT2D eigenvalue weighted by Crippen LogP contribution is 2.19. The molecule has 0 aromatic heterocycles. The molecule has 0 spiro atoms. The monoisotopic (exact) mass is 274 g/mol. The molecule has 0 radical (unpaired) electrons. The van der Waals surface area contributed by atoms with Crippen LogP contribution in [0.3, 0.4) is 0 Å². The summed E-state index contributed by atoms with van der Waals surface area (Å²) in [6.45, 7) is 3.51. The van der Waals surface area contributed by atoms with Crippen molar-refractivity contribution in [3.63, 3.8) is 0 Å². The molecule has 18 heavy (non-hydrogen) atoms. The number of hydrogen-bond donors (Lipinski definition) is 1. The molecule has 0 atom stereocenters. The molecular weight excluding hydrogens is 248 g/mol. The first-order chi connectivity index (χ1) is 8.55. The molecule has 2 heterocycles. The van der Waals surface area contributed by atoms with Gasteiger partial charge in [0.25, 0.3) is 0 Å². The van der Waals surface area contributed by atoms with Crippen LogP contribution < -0.4 is 5.32 Å². The second kappa shape index (κ2) is 6.35. The summed E-state index contributed by atoms with van der Waals surface area (Å²) in [5.74, 6) is 1.61. The molecule has 0 aliphatic carbocycles. The van der Waals surface area contributed by atoms with Crippen LogP contribution >= 0.6 is 0 Å². The van der Waals surface area contributed by atoms with Crippen molar-refractivity contribution in [2.24, 2.45) is 5.92 Å². The minimum absolute atomic E-state index is 0.374. The minimum atomic E-state index is -2.71. The van der Waals surface area contributed by atoms with Gasteiger partial charge in [-0.15, -0.1) is 0 Å². The van der Waals surface area contributed by atoms with Crippen molar-refractivity contribution in [3.05, 3.63) is 0 Å². The third-order valence-corrected chi connectivity index (χ3v) is 6.09. The highest BCUT2D eigenvalue weighted by molar-refractivity contribution is 7.91. The van der Waals surface area contributed by atoms with E-state index in [9.17, 15) is 8.42 Å². The van der Waals surface area contributed by atoms with Gasteiger partial charge in [-0.1, -0.05) is 0 Å². The average molecular weight is 274 g/mol. The van der Waals surface area contributed by atoms with Gasteiger partial charge in [-0.25, -0.2) is 8.42 Å². The Kier molecular flexibility index (Phi) is 5.04. The van der Waals surface area contributed by atoms with E-state index in [0.717, 1.165) is 25.3 Å². The van der Waals surface area contributed by atoms with Gasteiger partial charge in [-0.2, -0.15) is 0 Å². The Morgan fingerprint density at radius 2 is 1.72 bits per heavy atom. The smallest absolute Gasteiger partial charge is 0.150 e. The van der Waals surface area contributed by atoms with Gasteiger partial charge >= 0.3 is 0 Å². The van der Waals surface area contributed by atoms with Crippen molar-refractivity contribution >= 4 is 9.84 Å². The molecule has 5 heteroatoms. The maximum atomic E-state index is 11.3. The quantitative estimate of drug-likeness (QED) is 0.827. The third kappa shape index (κ3) is 4.52. The summed E-state index contributed by atoms with van der Waals surface area (Å²) in [5, 5.41) is 3.54. The lowest BCUT2D eigenvalue weighted by molar-refractivity contribution is 0.210. The van der Waals surface area contributed by atoms with Crippen molar-refractivity contribution in [1.82, 2.24) is 10.2 Å². The standard InChI is InChI=1S/C13H26N2O2S/c1-15-8-3-12(4-9-15)2-7-14-13-5-10-18(16,17)11-6-13/h12-14H,2-11H2,1H3. The largest absolute Gasteiger partial charge is 0.314 e. The SMILES string of the molecule is CN1CCC(CCNC2CCS(=O)(=O)CC2)CC1. The molecule has 106 valence electrons. The molecule has 0 aromatic carbocycles. The highest BCUT2D eigenvalue weighted by Gasteiger charge is 2.23. The molecule has 0 bridgehead atoms. The number of sulfone groups is 1. The van der Waals surface area contributed by atoms with E-state index in [1.54, 1.807) is 0 Å². The molecular formula is C13H26N2O2S. The fraction of sp³-hybridized carbons (Fsp3) is 1.00. The number of hydrogen-bond acceptors (Lipinski definition) is 4. The van der Waals surface area contributed by atoms with E-state index in [0.29, 0.717) is 17.5 Å². The zero-order valence-electron chi connectivity index (χ0n) is 11.4. The van der Waals surface area contributed by atoms with Crippen molar-refractivity contribution in [2.45, 2.75) is 38.1 Å². The Labute approximate surface area is 111 Å². The zero-order chi connectivity index (χ0) is 13.0. The van der Waals surface area contributed by atoms with Gasteiger partial charge in [-0.3, -0.25) is 0 Å². The maximum Gasteiger partial charge on any atom is 0.150 e. The van der Waals surface area contributed by atoms with Gasteiger partial charge < -0.3 is 10.2 Å². The van der Waals surface area contributed by atoms with Gasteiger partial charge in [0.15, 0.2) is 0 Å². The Morgan fingerprint density at radius 1 is 1.11 bits per heavy atom. The van der Waals surface area contributed by atoms with Gasteiger partial charge in [0.2, 0.25) is 0 Å². The van der Waals surface area contributed by atoms with Gasteiger partial charge in [-0.05, 0) is 64.7 Å². The lowest BCUT2D eigenvalue weighted by Gasteiger charge is -2.30. The van der Waals surface area contributed by atoms with Crippen molar-refractivity contribution in [3.8, 4) is 0 Å². The van der Waals surface area contributed by atoms with E-state index in [2.05, 4.69) is 17.3 Å². The summed E-state index contributed by atoms with van der Waals surface area (Å²) < 4.78 is 22.6. The molecule has 2 fully saturated rings. The van der Waals surface area contributed by atoms with Crippen LogP contribution in [0.4, 0.5) is 0 Å². The molecule has 2 aliphatic rings. The van der Waals surface area contributed by atoms with Gasteiger partial charge in [0.05, 0.1) is 11.5 Å². The average Bonchev–Trinajstić information content (AvgIpc) is 2.34. The van der Waals surface area contributed by atoms with E-state index in [4.69, 9.17) is 0 Å². The van der Waals surface area contributed by atoms with E-state index in [1.165, 1.54) is 32.4 Å². The summed E-state index contributed by atoms with van der Waals surface area (Å²) in [4.78, 5) is 2.40. The number of piperidine rings is 1. The predicted molar refractivity (Wildman–Crippen MR) is 74.5 cm³/mol. The second-order valence-corrected chi connectivity index (χ2v) is 8.22. The van der Waals surface area contributed by atoms with Crippen LogP contribution in [0.2, 0.25) is 0 Å². The number of likely N-dealkylation sites (tertiary alicyclic amines) is 1. The van der Waals surface area contributed by atoms with Gasteiger partial charge in [0, 0.05) is 6.04 Å². The van der Waals surface area contributed by atoms with E-state index in [1.807, 2.05) is 0 Å². The van der Waals surface area contributed by atoms with Crippen LogP contribution in [0.5, 0.6) is 0 Å². The normalized spacial score (nSPS) is 27.4. The van der Waals surface area contributed by atoms with Crippen molar-refractivity contribution in [2.75, 3.05) is 38.2 Å².